The molecular formula is C20H32N2O3. The van der Waals surface area contributed by atoms with Gasteiger partial charge in [0.05, 0.1) is 13.2 Å². The molecule has 2 rings (SSSR count). The molecule has 0 aromatic heterocycles. The summed E-state index contributed by atoms with van der Waals surface area (Å²) >= 11 is 0. The molecule has 0 saturated heterocycles. The predicted octanol–water partition coefficient (Wildman–Crippen LogP) is 3.46. The van der Waals surface area contributed by atoms with Crippen molar-refractivity contribution in [2.24, 2.45) is 11.7 Å². The number of methoxy groups -OCH3 is 1. The number of rotatable bonds is 8. The van der Waals surface area contributed by atoms with Crippen LogP contribution in [-0.4, -0.2) is 43.7 Å². The van der Waals surface area contributed by atoms with Gasteiger partial charge in [-0.15, -0.1) is 0 Å². The number of amides is 1. The highest BCUT2D eigenvalue weighted by atomic mass is 16.5. The van der Waals surface area contributed by atoms with Crippen molar-refractivity contribution in [1.82, 2.24) is 4.90 Å². The maximum Gasteiger partial charge on any atom is 0.253 e. The van der Waals surface area contributed by atoms with Gasteiger partial charge in [-0.25, -0.2) is 0 Å². The molecule has 1 aromatic carbocycles. The van der Waals surface area contributed by atoms with Crippen LogP contribution in [0.1, 0.15) is 56.3 Å². The number of hydrogen-bond acceptors (Lipinski definition) is 4. The van der Waals surface area contributed by atoms with E-state index in [4.69, 9.17) is 15.2 Å². The first-order valence-corrected chi connectivity index (χ1v) is 9.28. The Hall–Kier alpha value is -1.75. The Balaban J connectivity index is 2.01. The molecule has 0 spiro atoms. The number of benzene rings is 1. The van der Waals surface area contributed by atoms with Gasteiger partial charge < -0.3 is 20.1 Å². The Bertz CT molecular complexity index is 568. The first-order chi connectivity index (χ1) is 11.9. The molecule has 5 nitrogen and oxygen atoms in total. The molecule has 0 aliphatic heterocycles. The fraction of sp³-hybridized carbons (Fsp3) is 0.650. The SMILES string of the molecule is COc1cc(C(=O)N(C)CCC(N)C(C)C)ccc1OC1CCCC1. The third-order valence-electron chi connectivity index (χ3n) is 5.01. The molecule has 5 heteroatoms. The van der Waals surface area contributed by atoms with Crippen LogP contribution >= 0.6 is 0 Å². The van der Waals surface area contributed by atoms with Crippen molar-refractivity contribution in [1.29, 1.82) is 0 Å². The Morgan fingerprint density at radius 2 is 1.96 bits per heavy atom. The maximum atomic E-state index is 12.6. The van der Waals surface area contributed by atoms with Crippen molar-refractivity contribution in [2.45, 2.75) is 58.1 Å². The third-order valence-corrected chi connectivity index (χ3v) is 5.01. The van der Waals surface area contributed by atoms with Gasteiger partial charge in [-0.05, 0) is 56.2 Å². The zero-order valence-electron chi connectivity index (χ0n) is 16.0. The van der Waals surface area contributed by atoms with E-state index in [2.05, 4.69) is 13.8 Å². The molecule has 1 aromatic rings. The van der Waals surface area contributed by atoms with Gasteiger partial charge >= 0.3 is 0 Å². The van der Waals surface area contributed by atoms with Crippen LogP contribution in [0.25, 0.3) is 0 Å². The summed E-state index contributed by atoms with van der Waals surface area (Å²) in [6.45, 7) is 4.83. The van der Waals surface area contributed by atoms with Crippen LogP contribution in [0.3, 0.4) is 0 Å². The molecule has 2 N–H and O–H groups in total. The molecule has 1 aliphatic rings. The minimum Gasteiger partial charge on any atom is -0.493 e. The zero-order valence-corrected chi connectivity index (χ0v) is 16.0. The highest BCUT2D eigenvalue weighted by Gasteiger charge is 2.20. The summed E-state index contributed by atoms with van der Waals surface area (Å²) in [6.07, 6.45) is 5.65. The summed E-state index contributed by atoms with van der Waals surface area (Å²) < 4.78 is 11.5. The van der Waals surface area contributed by atoms with Crippen LogP contribution < -0.4 is 15.2 Å². The molecule has 1 fully saturated rings. The lowest BCUT2D eigenvalue weighted by Gasteiger charge is -2.22. The largest absolute Gasteiger partial charge is 0.493 e. The number of nitrogens with two attached hydrogens (primary N) is 1. The van der Waals surface area contributed by atoms with E-state index in [1.165, 1.54) is 12.8 Å². The summed E-state index contributed by atoms with van der Waals surface area (Å²) in [6, 6.07) is 5.53. The molecule has 25 heavy (non-hydrogen) atoms. The Morgan fingerprint density at radius 1 is 1.28 bits per heavy atom. The number of carbonyl (C=O) groups is 1. The summed E-state index contributed by atoms with van der Waals surface area (Å²) in [5.74, 6) is 1.72. The second-order valence-corrected chi connectivity index (χ2v) is 7.31. The van der Waals surface area contributed by atoms with Gasteiger partial charge in [0.1, 0.15) is 0 Å². The number of ether oxygens (including phenoxy) is 2. The first-order valence-electron chi connectivity index (χ1n) is 9.28. The molecule has 0 bridgehead atoms. The fourth-order valence-electron chi connectivity index (χ4n) is 3.08. The average Bonchev–Trinajstić information content (AvgIpc) is 3.11. The van der Waals surface area contributed by atoms with E-state index in [0.717, 1.165) is 25.0 Å². The van der Waals surface area contributed by atoms with E-state index >= 15 is 0 Å². The van der Waals surface area contributed by atoms with E-state index in [1.54, 1.807) is 18.1 Å². The predicted molar refractivity (Wildman–Crippen MR) is 100 cm³/mol. The normalized spacial score (nSPS) is 16.1. The second-order valence-electron chi connectivity index (χ2n) is 7.31. The highest BCUT2D eigenvalue weighted by molar-refractivity contribution is 5.94. The van der Waals surface area contributed by atoms with Gasteiger partial charge in [0.2, 0.25) is 0 Å². The summed E-state index contributed by atoms with van der Waals surface area (Å²) in [4.78, 5) is 14.4. The lowest BCUT2D eigenvalue weighted by atomic mass is 10.0. The fourth-order valence-corrected chi connectivity index (χ4v) is 3.08. The zero-order chi connectivity index (χ0) is 18.4. The molecule has 0 heterocycles. The van der Waals surface area contributed by atoms with Crippen molar-refractivity contribution < 1.29 is 14.3 Å². The monoisotopic (exact) mass is 348 g/mol. The van der Waals surface area contributed by atoms with Crippen LogP contribution in [0.5, 0.6) is 11.5 Å². The summed E-state index contributed by atoms with van der Waals surface area (Å²) in [5, 5.41) is 0. The molecule has 0 radical (unpaired) electrons. The average molecular weight is 348 g/mol. The number of nitrogens with zero attached hydrogens (tertiary/aromatic N) is 1. The van der Waals surface area contributed by atoms with Crippen LogP contribution in [0, 0.1) is 5.92 Å². The van der Waals surface area contributed by atoms with Gasteiger partial charge in [0.15, 0.2) is 11.5 Å². The summed E-state index contributed by atoms with van der Waals surface area (Å²) in [7, 11) is 3.42. The van der Waals surface area contributed by atoms with Gasteiger partial charge in [0, 0.05) is 25.2 Å². The molecule has 1 saturated carbocycles. The molecule has 1 aliphatic carbocycles. The van der Waals surface area contributed by atoms with Crippen LogP contribution in [0.2, 0.25) is 0 Å². The van der Waals surface area contributed by atoms with E-state index < -0.39 is 0 Å². The first kappa shape index (κ1) is 19.6. The van der Waals surface area contributed by atoms with Gasteiger partial charge in [0.25, 0.3) is 5.91 Å². The van der Waals surface area contributed by atoms with Crippen molar-refractivity contribution >= 4 is 5.91 Å². The molecule has 1 atom stereocenters. The molecule has 140 valence electrons. The Kier molecular flexibility index (Phi) is 7.12. The van der Waals surface area contributed by atoms with E-state index in [-0.39, 0.29) is 18.1 Å². The molecule has 1 amide bonds. The van der Waals surface area contributed by atoms with Gasteiger partial charge in [-0.2, -0.15) is 0 Å². The van der Waals surface area contributed by atoms with Crippen LogP contribution in [0.4, 0.5) is 0 Å². The van der Waals surface area contributed by atoms with Gasteiger partial charge in [-0.1, -0.05) is 13.8 Å². The number of carbonyl (C=O) groups excluding carboxylic acids is 1. The van der Waals surface area contributed by atoms with Crippen molar-refractivity contribution in [3.05, 3.63) is 23.8 Å². The lowest BCUT2D eigenvalue weighted by molar-refractivity contribution is 0.0788. The second kappa shape index (κ2) is 9.09. The highest BCUT2D eigenvalue weighted by Crippen LogP contribution is 2.32. The Labute approximate surface area is 151 Å². The molecular weight excluding hydrogens is 316 g/mol. The minimum atomic E-state index is -0.0262. The number of hydrogen-bond donors (Lipinski definition) is 1. The van der Waals surface area contributed by atoms with Crippen molar-refractivity contribution in [3.63, 3.8) is 0 Å². The van der Waals surface area contributed by atoms with Gasteiger partial charge in [-0.3, -0.25) is 4.79 Å². The van der Waals surface area contributed by atoms with Crippen LogP contribution in [-0.2, 0) is 0 Å². The topological polar surface area (TPSA) is 64.8 Å². The van der Waals surface area contributed by atoms with Crippen LogP contribution in [0.15, 0.2) is 18.2 Å². The smallest absolute Gasteiger partial charge is 0.253 e. The Morgan fingerprint density at radius 3 is 2.56 bits per heavy atom. The summed E-state index contributed by atoms with van der Waals surface area (Å²) in [5.41, 5.74) is 6.68. The van der Waals surface area contributed by atoms with E-state index in [0.29, 0.717) is 23.8 Å². The molecule has 1 unspecified atom stereocenters. The standard InChI is InChI=1S/C20H32N2O3/c1-14(2)17(21)11-12-22(3)20(23)15-9-10-18(19(13-15)24-4)25-16-7-5-6-8-16/h9-10,13-14,16-17H,5-8,11-12,21H2,1-4H3. The minimum absolute atomic E-state index is 0.0262. The quantitative estimate of drug-likeness (QED) is 0.781. The van der Waals surface area contributed by atoms with Crippen molar-refractivity contribution in [3.8, 4) is 11.5 Å². The lowest BCUT2D eigenvalue weighted by Crippen LogP contribution is -2.34. The van der Waals surface area contributed by atoms with E-state index in [9.17, 15) is 4.79 Å². The van der Waals surface area contributed by atoms with Crippen molar-refractivity contribution in [2.75, 3.05) is 20.7 Å². The van der Waals surface area contributed by atoms with E-state index in [1.807, 2.05) is 19.2 Å². The third kappa shape index (κ3) is 5.36. The maximum absolute atomic E-state index is 12.6.